The van der Waals surface area contributed by atoms with Gasteiger partial charge in [-0.3, -0.25) is 9.36 Å². The molecule has 0 atom stereocenters. The van der Waals surface area contributed by atoms with Gasteiger partial charge in [-0.1, -0.05) is 23.7 Å². The van der Waals surface area contributed by atoms with Crippen molar-refractivity contribution in [3.05, 3.63) is 74.8 Å². The van der Waals surface area contributed by atoms with Gasteiger partial charge in [-0.25, -0.2) is 4.98 Å². The summed E-state index contributed by atoms with van der Waals surface area (Å²) >= 11 is 5.88. The third kappa shape index (κ3) is 2.90. The molecule has 1 aromatic heterocycles. The zero-order chi connectivity index (χ0) is 18.5. The van der Waals surface area contributed by atoms with Crippen LogP contribution in [-0.2, 0) is 12.7 Å². The van der Waals surface area contributed by atoms with Crippen LogP contribution < -0.4 is 5.56 Å². The van der Waals surface area contributed by atoms with Gasteiger partial charge in [-0.05, 0) is 54.0 Å². The Kier molecular flexibility index (Phi) is 3.88. The highest BCUT2D eigenvalue weighted by Gasteiger charge is 2.31. The quantitative estimate of drug-likeness (QED) is 0.598. The molecule has 0 spiro atoms. The molecule has 0 bridgehead atoms. The Hall–Kier alpha value is -2.60. The number of alkyl halides is 3. The van der Waals surface area contributed by atoms with E-state index in [9.17, 15) is 18.0 Å². The summed E-state index contributed by atoms with van der Waals surface area (Å²) in [5, 5.41) is 0.800. The average Bonchev–Trinajstić information content (AvgIpc) is 2.99. The standard InChI is InChI=1S/C19H12ClF3N2O/c20-14-4-1-11(2-5-14)9-12-7-8-25-17(12)24-16-10-13(19(21,22)23)3-6-15(16)18(25)26/h1-6,9-10H,7-8H2. The van der Waals surface area contributed by atoms with Crippen molar-refractivity contribution in [1.82, 2.24) is 9.55 Å². The second kappa shape index (κ2) is 5.99. The van der Waals surface area contributed by atoms with Crippen LogP contribution in [0.2, 0.25) is 5.02 Å². The van der Waals surface area contributed by atoms with Crippen LogP contribution in [0.5, 0.6) is 0 Å². The van der Waals surface area contributed by atoms with Crippen LogP contribution in [0, 0.1) is 0 Å². The molecule has 0 radical (unpaired) electrons. The maximum Gasteiger partial charge on any atom is 0.416 e. The van der Waals surface area contributed by atoms with Gasteiger partial charge in [0.2, 0.25) is 0 Å². The summed E-state index contributed by atoms with van der Waals surface area (Å²) in [5.41, 5.74) is 0.612. The molecule has 1 aliphatic rings. The van der Waals surface area contributed by atoms with E-state index in [4.69, 9.17) is 11.6 Å². The fraction of sp³-hybridized carbons (Fsp3) is 0.158. The topological polar surface area (TPSA) is 34.9 Å². The minimum absolute atomic E-state index is 0.0555. The summed E-state index contributed by atoms with van der Waals surface area (Å²) in [6.07, 6.45) is -2.01. The van der Waals surface area contributed by atoms with Gasteiger partial charge in [0.05, 0.1) is 16.5 Å². The lowest BCUT2D eigenvalue weighted by atomic mass is 10.1. The zero-order valence-electron chi connectivity index (χ0n) is 13.3. The van der Waals surface area contributed by atoms with E-state index >= 15 is 0 Å². The molecule has 1 aliphatic heterocycles. The Labute approximate surface area is 151 Å². The van der Waals surface area contributed by atoms with Crippen LogP contribution in [0.3, 0.4) is 0 Å². The fourth-order valence-electron chi connectivity index (χ4n) is 3.09. The number of hydrogen-bond donors (Lipinski definition) is 0. The summed E-state index contributed by atoms with van der Waals surface area (Å²) in [5.74, 6) is 0.414. The van der Waals surface area contributed by atoms with Crippen LogP contribution in [0.4, 0.5) is 13.2 Å². The van der Waals surface area contributed by atoms with Crippen molar-refractivity contribution in [2.75, 3.05) is 0 Å². The Morgan fingerprint density at radius 3 is 2.54 bits per heavy atom. The highest BCUT2D eigenvalue weighted by Crippen LogP contribution is 2.32. The molecule has 0 unspecified atom stereocenters. The number of benzene rings is 2. The number of halogens is 4. The lowest BCUT2D eigenvalue weighted by molar-refractivity contribution is -0.137. The maximum absolute atomic E-state index is 13.0. The highest BCUT2D eigenvalue weighted by molar-refractivity contribution is 6.30. The number of nitrogens with zero attached hydrogens (tertiary/aromatic N) is 2. The van der Waals surface area contributed by atoms with E-state index in [1.807, 2.05) is 18.2 Å². The Morgan fingerprint density at radius 1 is 1.12 bits per heavy atom. The third-order valence-electron chi connectivity index (χ3n) is 4.39. The van der Waals surface area contributed by atoms with E-state index < -0.39 is 11.7 Å². The van der Waals surface area contributed by atoms with Crippen molar-refractivity contribution in [1.29, 1.82) is 0 Å². The summed E-state index contributed by atoms with van der Waals surface area (Å²) < 4.78 is 40.4. The molecular weight excluding hydrogens is 365 g/mol. The lowest BCUT2D eigenvalue weighted by Gasteiger charge is -2.09. The van der Waals surface area contributed by atoms with Crippen LogP contribution in [0.15, 0.2) is 47.3 Å². The predicted molar refractivity (Wildman–Crippen MR) is 94.9 cm³/mol. The van der Waals surface area contributed by atoms with E-state index in [1.165, 1.54) is 10.6 Å². The van der Waals surface area contributed by atoms with Crippen molar-refractivity contribution >= 4 is 34.2 Å². The van der Waals surface area contributed by atoms with Gasteiger partial charge in [0, 0.05) is 11.6 Å². The molecule has 3 nitrogen and oxygen atoms in total. The molecule has 0 N–H and O–H groups in total. The van der Waals surface area contributed by atoms with Crippen LogP contribution >= 0.6 is 11.6 Å². The molecule has 7 heteroatoms. The molecule has 0 amide bonds. The van der Waals surface area contributed by atoms with Gasteiger partial charge in [-0.2, -0.15) is 13.2 Å². The molecule has 0 fully saturated rings. The van der Waals surface area contributed by atoms with Crippen LogP contribution in [-0.4, -0.2) is 9.55 Å². The minimum Gasteiger partial charge on any atom is -0.292 e. The minimum atomic E-state index is -4.48. The van der Waals surface area contributed by atoms with Crippen molar-refractivity contribution in [3.8, 4) is 0 Å². The fourth-order valence-corrected chi connectivity index (χ4v) is 3.22. The number of hydrogen-bond acceptors (Lipinski definition) is 2. The Morgan fingerprint density at radius 2 is 1.85 bits per heavy atom. The van der Waals surface area contributed by atoms with Gasteiger partial charge >= 0.3 is 6.18 Å². The predicted octanol–water partition coefficient (Wildman–Crippen LogP) is 5.01. The maximum atomic E-state index is 13.0. The second-order valence-electron chi connectivity index (χ2n) is 6.09. The summed E-state index contributed by atoms with van der Waals surface area (Å²) in [7, 11) is 0. The largest absolute Gasteiger partial charge is 0.416 e. The number of allylic oxidation sites excluding steroid dienone is 1. The molecule has 26 heavy (non-hydrogen) atoms. The first-order valence-electron chi connectivity index (χ1n) is 7.91. The van der Waals surface area contributed by atoms with E-state index in [1.54, 1.807) is 12.1 Å². The van der Waals surface area contributed by atoms with Gasteiger partial charge in [-0.15, -0.1) is 0 Å². The first kappa shape index (κ1) is 16.8. The third-order valence-corrected chi connectivity index (χ3v) is 4.64. The zero-order valence-corrected chi connectivity index (χ0v) is 14.1. The smallest absolute Gasteiger partial charge is 0.292 e. The Balaban J connectivity index is 1.87. The molecule has 0 saturated heterocycles. The van der Waals surface area contributed by atoms with E-state index in [-0.39, 0.29) is 16.5 Å². The normalized spacial score (nSPS) is 15.6. The van der Waals surface area contributed by atoms with Crippen LogP contribution in [0.25, 0.3) is 22.6 Å². The first-order valence-corrected chi connectivity index (χ1v) is 8.29. The van der Waals surface area contributed by atoms with E-state index in [0.29, 0.717) is 23.8 Å². The Bertz CT molecular complexity index is 1100. The van der Waals surface area contributed by atoms with Crippen molar-refractivity contribution in [3.63, 3.8) is 0 Å². The van der Waals surface area contributed by atoms with Crippen molar-refractivity contribution < 1.29 is 13.2 Å². The molecular formula is C19H12ClF3N2O. The molecule has 0 saturated carbocycles. The summed E-state index contributed by atoms with van der Waals surface area (Å²) in [6.45, 7) is 0.456. The number of rotatable bonds is 1. The first-order chi connectivity index (χ1) is 12.3. The molecule has 2 heterocycles. The highest BCUT2D eigenvalue weighted by atomic mass is 35.5. The number of fused-ring (bicyclic) bond motifs is 2. The van der Waals surface area contributed by atoms with Crippen molar-refractivity contribution in [2.24, 2.45) is 0 Å². The van der Waals surface area contributed by atoms with Crippen molar-refractivity contribution in [2.45, 2.75) is 19.1 Å². The van der Waals surface area contributed by atoms with E-state index in [0.717, 1.165) is 23.3 Å². The van der Waals surface area contributed by atoms with Gasteiger partial charge in [0.25, 0.3) is 5.56 Å². The summed E-state index contributed by atoms with van der Waals surface area (Å²) in [4.78, 5) is 17.0. The lowest BCUT2D eigenvalue weighted by Crippen LogP contribution is -2.21. The molecule has 132 valence electrons. The SMILES string of the molecule is O=c1c2ccc(C(F)(F)F)cc2nc2n1CCC2=Cc1ccc(Cl)cc1. The van der Waals surface area contributed by atoms with Crippen LogP contribution in [0.1, 0.15) is 23.4 Å². The van der Waals surface area contributed by atoms with Gasteiger partial charge in [0.1, 0.15) is 5.82 Å². The van der Waals surface area contributed by atoms with Gasteiger partial charge in [0.15, 0.2) is 0 Å². The van der Waals surface area contributed by atoms with Gasteiger partial charge < -0.3 is 0 Å². The van der Waals surface area contributed by atoms with E-state index in [2.05, 4.69) is 4.98 Å². The molecule has 2 aromatic carbocycles. The monoisotopic (exact) mass is 376 g/mol. The molecule has 3 aromatic rings. The number of aromatic nitrogens is 2. The molecule has 4 rings (SSSR count). The average molecular weight is 377 g/mol. The molecule has 0 aliphatic carbocycles. The second-order valence-corrected chi connectivity index (χ2v) is 6.53. The summed E-state index contributed by atoms with van der Waals surface area (Å²) in [6, 6.07) is 10.2.